The molecule has 1 aromatic carbocycles. The zero-order chi connectivity index (χ0) is 20.6. The van der Waals surface area contributed by atoms with Gasteiger partial charge in [-0.25, -0.2) is 14.2 Å². The van der Waals surface area contributed by atoms with Gasteiger partial charge >= 0.3 is 6.09 Å². The zero-order valence-corrected chi connectivity index (χ0v) is 15.7. The second kappa shape index (κ2) is 6.93. The highest BCUT2D eigenvalue weighted by atomic mass is 19.1. The summed E-state index contributed by atoms with van der Waals surface area (Å²) in [6.45, 7) is 6.49. The van der Waals surface area contributed by atoms with E-state index in [4.69, 9.17) is 4.74 Å². The molecule has 9 nitrogen and oxygen atoms in total. The molecule has 0 spiro atoms. The van der Waals surface area contributed by atoms with Gasteiger partial charge in [-0.1, -0.05) is 0 Å². The van der Waals surface area contributed by atoms with Gasteiger partial charge in [-0.2, -0.15) is 0 Å². The maximum atomic E-state index is 14.4. The Labute approximate surface area is 155 Å². The fraction of sp³-hybridized carbons (Fsp3) is 0.471. The van der Waals surface area contributed by atoms with E-state index in [1.54, 1.807) is 20.8 Å². The summed E-state index contributed by atoms with van der Waals surface area (Å²) in [5, 5.41) is 13.4. The molecule has 0 bridgehead atoms. The van der Waals surface area contributed by atoms with Crippen molar-refractivity contribution in [1.82, 2.24) is 10.2 Å². The summed E-state index contributed by atoms with van der Waals surface area (Å²) in [5.41, 5.74) is -2.63. The van der Waals surface area contributed by atoms with Crippen LogP contribution in [-0.4, -0.2) is 40.4 Å². The minimum Gasteiger partial charge on any atom is -0.444 e. The number of benzene rings is 1. The number of carbonyl (C=O) groups is 2. The molecule has 1 heterocycles. The van der Waals surface area contributed by atoms with Crippen molar-refractivity contribution in [1.29, 1.82) is 0 Å². The van der Waals surface area contributed by atoms with Crippen molar-refractivity contribution in [3.63, 3.8) is 0 Å². The normalized spacial score (nSPS) is 20.1. The highest BCUT2D eigenvalue weighted by molar-refractivity contribution is 6.04. The molecule has 146 valence electrons. The standard InChI is InChI=1S/C17H21FN4O5/c1-16(2,3)27-15(24)19-14-20-17(4,9-13(23)21(14)5)11-8-10(22(25)26)6-7-12(11)18/h6-8H,9H2,1-5H3,(H,19,20,24)/t17-/m0/s1. The number of nitro groups is 1. The van der Waals surface area contributed by atoms with Gasteiger partial charge in [-0.15, -0.1) is 0 Å². The number of amides is 2. The molecule has 2 amide bonds. The number of nitro benzene ring substituents is 1. The molecule has 0 saturated heterocycles. The third kappa shape index (κ3) is 4.57. The van der Waals surface area contributed by atoms with Crippen molar-refractivity contribution in [2.45, 2.75) is 45.3 Å². The number of hydrogen-bond donors (Lipinski definition) is 1. The number of halogens is 1. The van der Waals surface area contributed by atoms with E-state index >= 15 is 0 Å². The lowest BCUT2D eigenvalue weighted by Crippen LogP contribution is -2.52. The average Bonchev–Trinajstić information content (AvgIpc) is 2.50. The quantitative estimate of drug-likeness (QED) is 0.626. The molecule has 27 heavy (non-hydrogen) atoms. The number of guanidine groups is 1. The molecule has 2 rings (SSSR count). The molecule has 0 aliphatic carbocycles. The molecule has 1 aromatic rings. The third-order valence-electron chi connectivity index (χ3n) is 3.89. The second-order valence-corrected chi connectivity index (χ2v) is 7.39. The molecule has 0 fully saturated rings. The first kappa shape index (κ1) is 20.3. The second-order valence-electron chi connectivity index (χ2n) is 7.39. The smallest absolute Gasteiger partial charge is 0.414 e. The Morgan fingerprint density at radius 2 is 2.07 bits per heavy atom. The lowest BCUT2D eigenvalue weighted by molar-refractivity contribution is -0.385. The largest absolute Gasteiger partial charge is 0.444 e. The minimum absolute atomic E-state index is 0.110. The Balaban J connectivity index is 2.45. The Hall–Kier alpha value is -3.04. The highest BCUT2D eigenvalue weighted by Crippen LogP contribution is 2.36. The minimum atomic E-state index is -1.43. The van der Waals surface area contributed by atoms with Crippen LogP contribution in [0.5, 0.6) is 0 Å². The van der Waals surface area contributed by atoms with E-state index in [0.29, 0.717) is 0 Å². The molecular formula is C17H21FN4O5. The maximum Gasteiger partial charge on any atom is 0.414 e. The molecule has 0 saturated carbocycles. The fourth-order valence-corrected chi connectivity index (χ4v) is 2.58. The summed E-state index contributed by atoms with van der Waals surface area (Å²) in [6, 6.07) is 3.03. The van der Waals surface area contributed by atoms with Crippen molar-refractivity contribution < 1.29 is 23.6 Å². The van der Waals surface area contributed by atoms with Crippen LogP contribution in [0.1, 0.15) is 39.7 Å². The number of alkyl carbamates (subject to hydrolysis) is 1. The first-order valence-electron chi connectivity index (χ1n) is 8.13. The predicted molar refractivity (Wildman–Crippen MR) is 94.6 cm³/mol. The van der Waals surface area contributed by atoms with Gasteiger partial charge in [0.2, 0.25) is 11.9 Å². The van der Waals surface area contributed by atoms with Crippen molar-refractivity contribution in [3.05, 3.63) is 39.7 Å². The summed E-state index contributed by atoms with van der Waals surface area (Å²) >= 11 is 0. The lowest BCUT2D eigenvalue weighted by Gasteiger charge is -2.35. The molecule has 0 unspecified atom stereocenters. The molecule has 1 atom stereocenters. The molecular weight excluding hydrogens is 359 g/mol. The van der Waals surface area contributed by atoms with Gasteiger partial charge in [-0.05, 0) is 33.8 Å². The average molecular weight is 380 g/mol. The van der Waals surface area contributed by atoms with E-state index in [1.165, 1.54) is 14.0 Å². The van der Waals surface area contributed by atoms with Gasteiger partial charge in [0, 0.05) is 24.7 Å². The van der Waals surface area contributed by atoms with Gasteiger partial charge in [0.25, 0.3) is 5.69 Å². The first-order valence-corrected chi connectivity index (χ1v) is 8.13. The van der Waals surface area contributed by atoms with Crippen LogP contribution in [-0.2, 0) is 15.1 Å². The Morgan fingerprint density at radius 3 is 2.63 bits per heavy atom. The summed E-state index contributed by atoms with van der Waals surface area (Å²) in [6.07, 6.45) is -1.05. The van der Waals surface area contributed by atoms with Gasteiger partial charge in [-0.3, -0.25) is 25.1 Å². The number of ether oxygens (including phenoxy) is 1. The highest BCUT2D eigenvalue weighted by Gasteiger charge is 2.40. The van der Waals surface area contributed by atoms with Crippen LogP contribution in [0.15, 0.2) is 23.2 Å². The van der Waals surface area contributed by atoms with E-state index in [2.05, 4.69) is 10.3 Å². The predicted octanol–water partition coefficient (Wildman–Crippen LogP) is 2.69. The topological polar surface area (TPSA) is 114 Å². The molecule has 0 radical (unpaired) electrons. The first-order chi connectivity index (χ1) is 12.3. The number of non-ortho nitro benzene ring substituents is 1. The van der Waals surface area contributed by atoms with Crippen LogP contribution in [0, 0.1) is 15.9 Å². The number of nitrogens with one attached hydrogen (secondary N) is 1. The zero-order valence-electron chi connectivity index (χ0n) is 15.7. The number of rotatable bonds is 2. The molecule has 1 N–H and O–H groups in total. The van der Waals surface area contributed by atoms with Gasteiger partial charge < -0.3 is 4.74 Å². The summed E-state index contributed by atoms with van der Waals surface area (Å²) in [5.74, 6) is -1.31. The van der Waals surface area contributed by atoms with Crippen LogP contribution in [0.3, 0.4) is 0 Å². The summed E-state index contributed by atoms with van der Waals surface area (Å²) in [7, 11) is 1.40. The van der Waals surface area contributed by atoms with Crippen LogP contribution < -0.4 is 5.32 Å². The van der Waals surface area contributed by atoms with Gasteiger partial charge in [0.05, 0.1) is 16.9 Å². The molecule has 1 aliphatic heterocycles. The number of hydrogen-bond acceptors (Lipinski definition) is 6. The van der Waals surface area contributed by atoms with Crippen molar-refractivity contribution in [2.24, 2.45) is 4.99 Å². The summed E-state index contributed by atoms with van der Waals surface area (Å²) < 4.78 is 19.5. The summed E-state index contributed by atoms with van der Waals surface area (Å²) in [4.78, 5) is 40.2. The molecule has 10 heteroatoms. The molecule has 0 aromatic heterocycles. The van der Waals surface area contributed by atoms with E-state index in [-0.39, 0.29) is 23.6 Å². The van der Waals surface area contributed by atoms with Crippen molar-refractivity contribution in [3.8, 4) is 0 Å². The monoisotopic (exact) mass is 380 g/mol. The van der Waals surface area contributed by atoms with E-state index in [0.717, 1.165) is 23.1 Å². The van der Waals surface area contributed by atoms with E-state index in [1.807, 2.05) is 0 Å². The number of carbonyl (C=O) groups excluding carboxylic acids is 2. The van der Waals surface area contributed by atoms with Crippen LogP contribution in [0.25, 0.3) is 0 Å². The van der Waals surface area contributed by atoms with Crippen LogP contribution in [0.4, 0.5) is 14.9 Å². The number of nitrogens with zero attached hydrogens (tertiary/aromatic N) is 3. The van der Waals surface area contributed by atoms with E-state index in [9.17, 15) is 24.1 Å². The number of aliphatic imine (C=N–C) groups is 1. The van der Waals surface area contributed by atoms with Crippen LogP contribution in [0.2, 0.25) is 0 Å². The van der Waals surface area contributed by atoms with Crippen LogP contribution >= 0.6 is 0 Å². The Kier molecular flexibility index (Phi) is 5.21. The Morgan fingerprint density at radius 1 is 1.44 bits per heavy atom. The van der Waals surface area contributed by atoms with Gasteiger partial charge in [0.15, 0.2) is 0 Å². The van der Waals surface area contributed by atoms with E-state index < -0.39 is 33.9 Å². The van der Waals surface area contributed by atoms with Gasteiger partial charge in [0.1, 0.15) is 11.4 Å². The van der Waals surface area contributed by atoms with Crippen molar-refractivity contribution in [2.75, 3.05) is 7.05 Å². The van der Waals surface area contributed by atoms with Crippen molar-refractivity contribution >= 4 is 23.6 Å². The Bertz CT molecular complexity index is 833. The lowest BCUT2D eigenvalue weighted by atomic mass is 9.87. The maximum absolute atomic E-state index is 14.4. The third-order valence-corrected chi connectivity index (χ3v) is 3.89. The fourth-order valence-electron chi connectivity index (χ4n) is 2.58. The molecule has 1 aliphatic rings. The SMILES string of the molecule is CN1C(=O)C[C@@](C)(c2cc([N+](=O)[O-])ccc2F)N=C1NC(=O)OC(C)(C)C.